The molecule has 0 spiro atoms. The summed E-state index contributed by atoms with van der Waals surface area (Å²) in [5.74, 6) is 0. The van der Waals surface area contributed by atoms with Crippen LogP contribution in [0.4, 0.5) is 0 Å². The van der Waals surface area contributed by atoms with Crippen LogP contribution in [-0.2, 0) is 0 Å². The van der Waals surface area contributed by atoms with Gasteiger partial charge in [-0.15, -0.1) is 0 Å². The van der Waals surface area contributed by atoms with Gasteiger partial charge in [-0.1, -0.05) is 20.3 Å². The van der Waals surface area contributed by atoms with Gasteiger partial charge in [-0.05, 0) is 18.2 Å². The van der Waals surface area contributed by atoms with E-state index in [9.17, 15) is 0 Å². The van der Waals surface area contributed by atoms with Crippen LogP contribution in [0.15, 0.2) is 36.9 Å². The molecule has 12 heavy (non-hydrogen) atoms. The summed E-state index contributed by atoms with van der Waals surface area (Å²) in [6.07, 6.45) is 6.80. The number of hydrogen-bond acceptors (Lipinski definition) is 1. The van der Waals surface area contributed by atoms with Crippen LogP contribution in [0, 0.1) is 0 Å². The Kier molecular flexibility index (Phi) is 3.33. The summed E-state index contributed by atoms with van der Waals surface area (Å²) in [6.45, 7) is 4.25. The van der Waals surface area contributed by atoms with Gasteiger partial charge in [-0.25, -0.2) is 4.98 Å². The molecule has 0 aliphatic heterocycles. The van der Waals surface area contributed by atoms with Crippen molar-refractivity contribution in [3.63, 3.8) is 0 Å². The van der Waals surface area contributed by atoms with Gasteiger partial charge in [0.25, 0.3) is 0 Å². The zero-order valence-electron chi connectivity index (χ0n) is 7.57. The van der Waals surface area contributed by atoms with Crippen molar-refractivity contribution in [2.75, 3.05) is 0 Å². The Hall–Kier alpha value is -1.31. The Morgan fingerprint density at radius 3 is 2.75 bits per heavy atom. The van der Waals surface area contributed by atoms with Crippen molar-refractivity contribution in [3.05, 3.63) is 36.9 Å². The molecule has 0 aliphatic carbocycles. The lowest BCUT2D eigenvalue weighted by molar-refractivity contribution is 1.09. The third-order valence-electron chi connectivity index (χ3n) is 1.33. The van der Waals surface area contributed by atoms with E-state index in [1.807, 2.05) is 28.8 Å². The lowest BCUT2D eigenvalue weighted by Crippen LogP contribution is -1.80. The minimum absolute atomic E-state index is 1.19. The topological polar surface area (TPSA) is 17.3 Å². The summed E-state index contributed by atoms with van der Waals surface area (Å²) in [6, 6.07) is 6.01. The van der Waals surface area contributed by atoms with Gasteiger partial charge in [0.15, 0.2) is 0 Å². The van der Waals surface area contributed by atoms with Crippen molar-refractivity contribution >= 4 is 5.52 Å². The first-order valence-corrected chi connectivity index (χ1v) is 4.25. The molecule has 64 valence electrons. The van der Waals surface area contributed by atoms with E-state index in [-0.39, 0.29) is 0 Å². The number of nitrogens with zero attached hydrogens (tertiary/aromatic N) is 2. The second kappa shape index (κ2) is 4.54. The zero-order valence-corrected chi connectivity index (χ0v) is 7.57. The van der Waals surface area contributed by atoms with Gasteiger partial charge in [0.1, 0.15) is 0 Å². The van der Waals surface area contributed by atoms with Crippen LogP contribution >= 0.6 is 0 Å². The molecule has 2 heterocycles. The van der Waals surface area contributed by atoms with Gasteiger partial charge in [0, 0.05) is 17.9 Å². The fourth-order valence-electron chi connectivity index (χ4n) is 0.883. The maximum atomic E-state index is 3.95. The molecule has 0 fully saturated rings. The molecule has 0 unspecified atom stereocenters. The van der Waals surface area contributed by atoms with Crippen LogP contribution in [0.5, 0.6) is 0 Å². The predicted molar refractivity (Wildman–Crippen MR) is 51.2 cm³/mol. The van der Waals surface area contributed by atoms with Gasteiger partial charge in [0.2, 0.25) is 0 Å². The summed E-state index contributed by atoms with van der Waals surface area (Å²) in [4.78, 5) is 3.95. The molecule has 0 atom stereocenters. The van der Waals surface area contributed by atoms with Crippen molar-refractivity contribution in [2.45, 2.75) is 20.3 Å². The first kappa shape index (κ1) is 8.78. The molecule has 2 aromatic rings. The number of rotatable bonds is 0. The van der Waals surface area contributed by atoms with E-state index in [2.05, 4.69) is 18.8 Å². The monoisotopic (exact) mass is 162 g/mol. The molecule has 0 aromatic carbocycles. The standard InChI is InChI=1S/C7H6N2.C3H8/c1-2-7-3-4-8-6-9(7)5-1;1-3-2/h1-6H;3H2,1-2H3. The summed E-state index contributed by atoms with van der Waals surface area (Å²) in [5, 5.41) is 0. The summed E-state index contributed by atoms with van der Waals surface area (Å²) < 4.78 is 1.97. The molecule has 0 aliphatic rings. The molecular formula is C10H14N2. The average molecular weight is 162 g/mol. The largest absolute Gasteiger partial charge is 0.308 e. The van der Waals surface area contributed by atoms with E-state index in [0.29, 0.717) is 0 Å². The third-order valence-corrected chi connectivity index (χ3v) is 1.33. The van der Waals surface area contributed by atoms with Gasteiger partial charge >= 0.3 is 0 Å². The number of aromatic nitrogens is 2. The lowest BCUT2D eigenvalue weighted by atomic mass is 10.5. The van der Waals surface area contributed by atoms with E-state index >= 15 is 0 Å². The number of hydrogen-bond donors (Lipinski definition) is 0. The average Bonchev–Trinajstić information content (AvgIpc) is 2.52. The molecule has 0 N–H and O–H groups in total. The fraction of sp³-hybridized carbons (Fsp3) is 0.300. The minimum Gasteiger partial charge on any atom is -0.308 e. The molecule has 2 heteroatoms. The Morgan fingerprint density at radius 1 is 1.33 bits per heavy atom. The second-order valence-electron chi connectivity index (χ2n) is 2.63. The van der Waals surface area contributed by atoms with Crippen LogP contribution in [0.3, 0.4) is 0 Å². The molecule has 2 rings (SSSR count). The second-order valence-corrected chi connectivity index (χ2v) is 2.63. The molecular weight excluding hydrogens is 148 g/mol. The van der Waals surface area contributed by atoms with Crippen LogP contribution in [0.25, 0.3) is 5.52 Å². The normalized spacial score (nSPS) is 9.17. The summed E-state index contributed by atoms with van der Waals surface area (Å²) in [5.41, 5.74) is 1.19. The highest BCUT2D eigenvalue weighted by Crippen LogP contribution is 1.99. The molecule has 2 aromatic heterocycles. The fourth-order valence-corrected chi connectivity index (χ4v) is 0.883. The van der Waals surface area contributed by atoms with Crippen LogP contribution in [0.2, 0.25) is 0 Å². The first-order chi connectivity index (χ1) is 5.88. The maximum Gasteiger partial charge on any atom is 0.0990 e. The van der Waals surface area contributed by atoms with Gasteiger partial charge in [-0.2, -0.15) is 0 Å². The lowest BCUT2D eigenvalue weighted by Gasteiger charge is -1.87. The molecule has 2 nitrogen and oxygen atoms in total. The molecule has 0 amide bonds. The molecule has 0 saturated carbocycles. The van der Waals surface area contributed by atoms with Gasteiger partial charge in [-0.3, -0.25) is 0 Å². The zero-order chi connectivity index (χ0) is 8.81. The van der Waals surface area contributed by atoms with E-state index in [1.54, 1.807) is 12.5 Å². The van der Waals surface area contributed by atoms with Crippen molar-refractivity contribution in [1.29, 1.82) is 0 Å². The van der Waals surface area contributed by atoms with Gasteiger partial charge in [0.05, 0.1) is 6.33 Å². The van der Waals surface area contributed by atoms with Crippen molar-refractivity contribution in [3.8, 4) is 0 Å². The Morgan fingerprint density at radius 2 is 2.08 bits per heavy atom. The van der Waals surface area contributed by atoms with Crippen molar-refractivity contribution in [1.82, 2.24) is 9.38 Å². The van der Waals surface area contributed by atoms with Crippen molar-refractivity contribution < 1.29 is 0 Å². The maximum absolute atomic E-state index is 3.95. The molecule has 0 radical (unpaired) electrons. The summed E-state index contributed by atoms with van der Waals surface area (Å²) in [7, 11) is 0. The Labute approximate surface area is 72.9 Å². The van der Waals surface area contributed by atoms with E-state index in [1.165, 1.54) is 11.9 Å². The van der Waals surface area contributed by atoms with E-state index in [4.69, 9.17) is 0 Å². The van der Waals surface area contributed by atoms with Gasteiger partial charge < -0.3 is 4.40 Å². The minimum atomic E-state index is 1.19. The molecule has 0 saturated heterocycles. The smallest absolute Gasteiger partial charge is 0.0990 e. The highest BCUT2D eigenvalue weighted by Gasteiger charge is 1.84. The quantitative estimate of drug-likeness (QED) is 0.582. The number of fused-ring (bicyclic) bond motifs is 1. The Bertz CT molecular complexity index is 295. The van der Waals surface area contributed by atoms with Crippen LogP contribution in [-0.4, -0.2) is 9.38 Å². The van der Waals surface area contributed by atoms with E-state index < -0.39 is 0 Å². The molecule has 0 bridgehead atoms. The van der Waals surface area contributed by atoms with Crippen LogP contribution in [0.1, 0.15) is 20.3 Å². The highest BCUT2D eigenvalue weighted by atomic mass is 14.9. The first-order valence-electron chi connectivity index (χ1n) is 4.25. The predicted octanol–water partition coefficient (Wildman–Crippen LogP) is 2.75. The SMILES string of the molecule is CCC.c1cc2ccncn2c1. The third kappa shape index (κ3) is 2.09. The highest BCUT2D eigenvalue weighted by molar-refractivity contribution is 5.45. The van der Waals surface area contributed by atoms with Crippen molar-refractivity contribution in [2.24, 2.45) is 0 Å². The Balaban J connectivity index is 0.000000213. The van der Waals surface area contributed by atoms with E-state index in [0.717, 1.165) is 0 Å². The van der Waals surface area contributed by atoms with Crippen LogP contribution < -0.4 is 0 Å². The summed E-state index contributed by atoms with van der Waals surface area (Å²) >= 11 is 0.